The van der Waals surface area contributed by atoms with Crippen molar-refractivity contribution >= 4 is 17.6 Å². The zero-order valence-electron chi connectivity index (χ0n) is 19.3. The van der Waals surface area contributed by atoms with Gasteiger partial charge in [0.25, 0.3) is 0 Å². The van der Waals surface area contributed by atoms with Crippen LogP contribution in [0.3, 0.4) is 0 Å². The van der Waals surface area contributed by atoms with Crippen molar-refractivity contribution in [1.29, 1.82) is 0 Å². The summed E-state index contributed by atoms with van der Waals surface area (Å²) in [5.41, 5.74) is 1.32. The highest BCUT2D eigenvalue weighted by molar-refractivity contribution is 5.92. The number of rotatable bonds is 9. The maximum Gasteiger partial charge on any atom is 0.322 e. The number of carbonyl (C=O) groups excluding carboxylic acids is 2. The summed E-state index contributed by atoms with van der Waals surface area (Å²) in [4.78, 5) is 29.4. The summed E-state index contributed by atoms with van der Waals surface area (Å²) in [7, 11) is 0. The molecule has 2 aromatic carbocycles. The molecule has 0 aliphatic heterocycles. The van der Waals surface area contributed by atoms with E-state index in [1.54, 1.807) is 11.0 Å². The first kappa shape index (κ1) is 24.0. The topological polar surface area (TPSA) is 65.8 Å². The van der Waals surface area contributed by atoms with E-state index in [1.165, 1.54) is 23.1 Å². The second-order valence-electron chi connectivity index (χ2n) is 8.46. The Hall–Kier alpha value is -3.61. The van der Waals surface area contributed by atoms with E-state index >= 15 is 0 Å². The van der Waals surface area contributed by atoms with Crippen LogP contribution in [0.2, 0.25) is 0 Å². The molecule has 1 N–H and O–H groups in total. The van der Waals surface area contributed by atoms with Crippen LogP contribution < -0.4 is 5.32 Å². The highest BCUT2D eigenvalue weighted by Crippen LogP contribution is 2.15. The fourth-order valence-corrected chi connectivity index (χ4v) is 3.49. The summed E-state index contributed by atoms with van der Waals surface area (Å²) < 4.78 is 19.2. The van der Waals surface area contributed by atoms with Crippen molar-refractivity contribution in [2.75, 3.05) is 18.4 Å². The minimum Gasteiger partial charge on any atom is -0.464 e. The van der Waals surface area contributed by atoms with Gasteiger partial charge in [0, 0.05) is 18.8 Å². The molecular formula is C26H30FN3O3. The number of anilines is 1. The Morgan fingerprint density at radius 2 is 1.73 bits per heavy atom. The molecule has 3 rings (SSSR count). The molecule has 0 spiro atoms. The van der Waals surface area contributed by atoms with E-state index in [1.807, 2.05) is 63.2 Å². The number of aryl methyl sites for hydroxylation is 1. The normalized spacial score (nSPS) is 10.8. The highest BCUT2D eigenvalue weighted by Gasteiger charge is 2.23. The van der Waals surface area contributed by atoms with Crippen molar-refractivity contribution in [3.05, 3.63) is 89.6 Å². The third kappa shape index (κ3) is 7.49. The highest BCUT2D eigenvalue weighted by atomic mass is 19.1. The maximum absolute atomic E-state index is 13.5. The van der Waals surface area contributed by atoms with Gasteiger partial charge in [-0.3, -0.25) is 4.79 Å². The van der Waals surface area contributed by atoms with Crippen molar-refractivity contribution in [2.45, 2.75) is 33.9 Å². The summed E-state index contributed by atoms with van der Waals surface area (Å²) in [6.45, 7) is 6.76. The van der Waals surface area contributed by atoms with Crippen LogP contribution >= 0.6 is 0 Å². The molecule has 3 aromatic rings. The second kappa shape index (κ2) is 11.3. The van der Waals surface area contributed by atoms with Crippen LogP contribution in [0.15, 0.2) is 71.1 Å². The van der Waals surface area contributed by atoms with Crippen LogP contribution in [0.1, 0.15) is 30.9 Å². The van der Waals surface area contributed by atoms with Crippen LogP contribution in [0, 0.1) is 18.7 Å². The molecule has 0 aliphatic carbocycles. The lowest BCUT2D eigenvalue weighted by Gasteiger charge is -2.28. The number of hydrogen-bond donors (Lipinski definition) is 1. The average molecular weight is 452 g/mol. The van der Waals surface area contributed by atoms with Gasteiger partial charge < -0.3 is 19.5 Å². The van der Waals surface area contributed by atoms with Crippen LogP contribution in [0.25, 0.3) is 0 Å². The summed E-state index contributed by atoms with van der Waals surface area (Å²) in [6, 6.07) is 18.6. The molecule has 0 fully saturated rings. The van der Waals surface area contributed by atoms with Crippen LogP contribution in [0.5, 0.6) is 0 Å². The molecule has 1 aromatic heterocycles. The van der Waals surface area contributed by atoms with Gasteiger partial charge in [-0.1, -0.05) is 50.2 Å². The van der Waals surface area contributed by atoms with E-state index in [4.69, 9.17) is 4.42 Å². The number of carbonyl (C=O) groups is 2. The number of nitrogens with zero attached hydrogens (tertiary/aromatic N) is 2. The molecule has 0 saturated carbocycles. The fourth-order valence-electron chi connectivity index (χ4n) is 3.49. The molecule has 33 heavy (non-hydrogen) atoms. The van der Waals surface area contributed by atoms with Gasteiger partial charge in [0.05, 0.1) is 6.54 Å². The Bertz CT molecular complexity index is 1070. The largest absolute Gasteiger partial charge is 0.464 e. The maximum atomic E-state index is 13.5. The second-order valence-corrected chi connectivity index (χ2v) is 8.46. The van der Waals surface area contributed by atoms with Gasteiger partial charge in [-0.15, -0.1) is 0 Å². The van der Waals surface area contributed by atoms with Gasteiger partial charge >= 0.3 is 6.03 Å². The Balaban J connectivity index is 1.76. The predicted molar refractivity (Wildman–Crippen MR) is 126 cm³/mol. The van der Waals surface area contributed by atoms with E-state index in [-0.39, 0.29) is 18.4 Å². The van der Waals surface area contributed by atoms with Gasteiger partial charge in [0.2, 0.25) is 5.91 Å². The third-order valence-electron chi connectivity index (χ3n) is 4.99. The molecule has 0 radical (unpaired) electrons. The minimum atomic E-state index is -0.448. The molecule has 3 amide bonds. The average Bonchev–Trinajstić information content (AvgIpc) is 3.18. The molecule has 0 unspecified atom stereocenters. The molecule has 0 bridgehead atoms. The minimum absolute atomic E-state index is 0.105. The van der Waals surface area contributed by atoms with E-state index in [0.717, 1.165) is 11.3 Å². The zero-order chi connectivity index (χ0) is 23.8. The lowest BCUT2D eigenvalue weighted by Crippen LogP contribution is -2.45. The molecule has 6 nitrogen and oxygen atoms in total. The number of benzene rings is 2. The number of urea groups is 1. The van der Waals surface area contributed by atoms with Crippen molar-refractivity contribution in [3.63, 3.8) is 0 Å². The van der Waals surface area contributed by atoms with Gasteiger partial charge in [-0.05, 0) is 48.7 Å². The Labute approximate surface area is 194 Å². The molecule has 0 atom stereocenters. The predicted octanol–water partition coefficient (Wildman–Crippen LogP) is 5.45. The van der Waals surface area contributed by atoms with Crippen LogP contribution in [-0.2, 0) is 17.9 Å². The first-order valence-electron chi connectivity index (χ1n) is 11.0. The van der Waals surface area contributed by atoms with Crippen molar-refractivity contribution in [2.24, 2.45) is 5.92 Å². The molecular weight excluding hydrogens is 421 g/mol. The summed E-state index contributed by atoms with van der Waals surface area (Å²) >= 11 is 0. The van der Waals surface area contributed by atoms with Crippen molar-refractivity contribution in [1.82, 2.24) is 9.80 Å². The third-order valence-corrected chi connectivity index (χ3v) is 4.99. The molecule has 174 valence electrons. The van der Waals surface area contributed by atoms with Crippen molar-refractivity contribution in [3.8, 4) is 0 Å². The summed E-state index contributed by atoms with van der Waals surface area (Å²) in [5, 5.41) is 2.69. The first-order chi connectivity index (χ1) is 15.8. The SMILES string of the molecule is Cc1ccc(CN(Cc2ccccc2)C(=O)CN(CC(C)C)C(=O)Nc2cccc(F)c2)o1. The Morgan fingerprint density at radius 1 is 0.970 bits per heavy atom. The monoisotopic (exact) mass is 451 g/mol. The number of nitrogens with one attached hydrogen (secondary N) is 1. The van der Waals surface area contributed by atoms with E-state index in [9.17, 15) is 14.0 Å². The molecule has 0 aliphatic rings. The molecule has 0 saturated heterocycles. The smallest absolute Gasteiger partial charge is 0.322 e. The quantitative estimate of drug-likeness (QED) is 0.471. The van der Waals surface area contributed by atoms with Gasteiger partial charge in [-0.25, -0.2) is 9.18 Å². The first-order valence-corrected chi connectivity index (χ1v) is 11.0. The standard InChI is InChI=1S/C26H30FN3O3/c1-19(2)15-30(26(32)28-23-11-7-10-22(27)14-23)18-25(31)29(16-21-8-5-4-6-9-21)17-24-13-12-20(3)33-24/h4-14,19H,15-18H2,1-3H3,(H,28,32). The fraction of sp³-hybridized carbons (Fsp3) is 0.308. The molecule has 1 heterocycles. The van der Waals surface area contributed by atoms with Gasteiger partial charge in [-0.2, -0.15) is 0 Å². The molecule has 7 heteroatoms. The van der Waals surface area contributed by atoms with Crippen LogP contribution in [0.4, 0.5) is 14.9 Å². The zero-order valence-corrected chi connectivity index (χ0v) is 19.3. The van der Waals surface area contributed by atoms with E-state index in [2.05, 4.69) is 5.32 Å². The van der Waals surface area contributed by atoms with Crippen molar-refractivity contribution < 1.29 is 18.4 Å². The number of furan rings is 1. The summed E-state index contributed by atoms with van der Waals surface area (Å²) in [6.07, 6.45) is 0. The van der Waals surface area contributed by atoms with Gasteiger partial charge in [0.1, 0.15) is 23.9 Å². The number of halogens is 1. The number of amides is 3. The van der Waals surface area contributed by atoms with E-state index < -0.39 is 11.8 Å². The number of hydrogen-bond acceptors (Lipinski definition) is 3. The van der Waals surface area contributed by atoms with E-state index in [0.29, 0.717) is 31.1 Å². The Morgan fingerprint density at radius 3 is 2.36 bits per heavy atom. The Kier molecular flexibility index (Phi) is 8.24. The summed E-state index contributed by atoms with van der Waals surface area (Å²) in [5.74, 6) is 0.945. The van der Waals surface area contributed by atoms with Gasteiger partial charge in [0.15, 0.2) is 0 Å². The van der Waals surface area contributed by atoms with Crippen LogP contribution in [-0.4, -0.2) is 34.8 Å². The lowest BCUT2D eigenvalue weighted by atomic mass is 10.2. The lowest BCUT2D eigenvalue weighted by molar-refractivity contribution is -0.133.